The molecule has 0 amide bonds. The van der Waals surface area contributed by atoms with Gasteiger partial charge in [0.1, 0.15) is 0 Å². The fraction of sp³-hybridized carbons (Fsp3) is 0.167. The van der Waals surface area contributed by atoms with Crippen LogP contribution in [0.2, 0.25) is 0 Å². The summed E-state index contributed by atoms with van der Waals surface area (Å²) in [5, 5.41) is 21.0. The van der Waals surface area contributed by atoms with Gasteiger partial charge in [0.25, 0.3) is 0 Å². The number of aromatic nitrogens is 1. The molecule has 0 fully saturated rings. The highest BCUT2D eigenvalue weighted by atomic mass is 16.3. The number of aliphatic hydroxyl groups excluding tert-OH is 2. The molecule has 1 aromatic heterocycles. The van der Waals surface area contributed by atoms with Gasteiger partial charge in [0, 0.05) is 42.3 Å². The molecule has 1 unspecified atom stereocenters. The number of hydrogen-bond donors (Lipinski definition) is 2. The van der Waals surface area contributed by atoms with E-state index >= 15 is 0 Å². The van der Waals surface area contributed by atoms with Crippen molar-refractivity contribution >= 4 is 10.9 Å². The van der Waals surface area contributed by atoms with Gasteiger partial charge in [0.05, 0.1) is 5.52 Å². The highest BCUT2D eigenvalue weighted by molar-refractivity contribution is 5.86. The molecule has 0 spiro atoms. The van der Waals surface area contributed by atoms with Crippen LogP contribution in [-0.2, 0) is 0 Å². The van der Waals surface area contributed by atoms with Crippen molar-refractivity contribution in [1.82, 2.24) is 4.57 Å². The van der Waals surface area contributed by atoms with Crippen LogP contribution in [0.5, 0.6) is 0 Å². The maximum Gasteiger partial charge on any atom is 0.0531 e. The predicted octanol–water partition coefficient (Wildman–Crippen LogP) is 4.36. The SMILES string of the molecule is OCC(CO)C(c1ccccc1)c1cn(-c2ccccc2)c2ccccc12. The number of para-hydroxylation sites is 2. The molecule has 0 aliphatic rings. The summed E-state index contributed by atoms with van der Waals surface area (Å²) in [6.07, 6.45) is 2.15. The first-order valence-corrected chi connectivity index (χ1v) is 9.25. The van der Waals surface area contributed by atoms with Crippen molar-refractivity contribution in [2.45, 2.75) is 5.92 Å². The van der Waals surface area contributed by atoms with Crippen LogP contribution >= 0.6 is 0 Å². The second kappa shape index (κ2) is 7.78. The standard InChI is InChI=1S/C24H23NO2/c26-16-19(17-27)24(18-9-3-1-4-10-18)22-15-25(20-11-5-2-6-12-20)23-14-8-7-13-21(22)23/h1-15,19,24,26-27H,16-17H2. The molecule has 1 heterocycles. The summed E-state index contributed by atoms with van der Waals surface area (Å²) in [6.45, 7) is -0.137. The van der Waals surface area contributed by atoms with E-state index in [9.17, 15) is 10.2 Å². The van der Waals surface area contributed by atoms with Crippen LogP contribution in [0.3, 0.4) is 0 Å². The van der Waals surface area contributed by atoms with E-state index < -0.39 is 0 Å². The second-order valence-electron chi connectivity index (χ2n) is 6.82. The third-order valence-corrected chi connectivity index (χ3v) is 5.21. The molecule has 3 nitrogen and oxygen atoms in total. The van der Waals surface area contributed by atoms with E-state index in [0.29, 0.717) is 0 Å². The van der Waals surface area contributed by atoms with Crippen LogP contribution in [0.15, 0.2) is 91.1 Å². The maximum absolute atomic E-state index is 9.95. The number of fused-ring (bicyclic) bond motifs is 1. The quantitative estimate of drug-likeness (QED) is 0.538. The molecule has 0 aliphatic heterocycles. The Morgan fingerprint density at radius 1 is 0.704 bits per heavy atom. The second-order valence-corrected chi connectivity index (χ2v) is 6.82. The number of nitrogens with zero attached hydrogens (tertiary/aromatic N) is 1. The Labute approximate surface area is 159 Å². The molecule has 4 rings (SSSR count). The van der Waals surface area contributed by atoms with E-state index in [1.807, 2.05) is 48.5 Å². The van der Waals surface area contributed by atoms with Gasteiger partial charge in [0.15, 0.2) is 0 Å². The minimum absolute atomic E-state index is 0.0685. The largest absolute Gasteiger partial charge is 0.396 e. The van der Waals surface area contributed by atoms with Crippen molar-refractivity contribution in [1.29, 1.82) is 0 Å². The third kappa shape index (κ3) is 3.27. The average Bonchev–Trinajstić information content (AvgIpc) is 3.12. The average molecular weight is 357 g/mol. The third-order valence-electron chi connectivity index (χ3n) is 5.21. The molecule has 0 aliphatic carbocycles. The Morgan fingerprint density at radius 2 is 1.30 bits per heavy atom. The summed E-state index contributed by atoms with van der Waals surface area (Å²) >= 11 is 0. The highest BCUT2D eigenvalue weighted by Crippen LogP contribution is 2.38. The molecule has 136 valence electrons. The summed E-state index contributed by atoms with van der Waals surface area (Å²) in [4.78, 5) is 0. The summed E-state index contributed by atoms with van der Waals surface area (Å²) in [5.74, 6) is -0.349. The van der Waals surface area contributed by atoms with Crippen molar-refractivity contribution in [2.75, 3.05) is 13.2 Å². The lowest BCUT2D eigenvalue weighted by Gasteiger charge is -2.24. The van der Waals surface area contributed by atoms with E-state index in [1.165, 1.54) is 0 Å². The molecule has 2 N–H and O–H groups in total. The molecule has 0 bridgehead atoms. The lowest BCUT2D eigenvalue weighted by Crippen LogP contribution is -2.21. The summed E-state index contributed by atoms with van der Waals surface area (Å²) < 4.78 is 2.19. The van der Waals surface area contributed by atoms with E-state index in [4.69, 9.17) is 0 Å². The number of benzene rings is 3. The zero-order valence-corrected chi connectivity index (χ0v) is 15.1. The zero-order valence-electron chi connectivity index (χ0n) is 15.1. The summed E-state index contributed by atoms with van der Waals surface area (Å²) in [5.41, 5.74) is 4.43. The number of hydrogen-bond acceptors (Lipinski definition) is 2. The van der Waals surface area contributed by atoms with Gasteiger partial charge in [-0.2, -0.15) is 0 Å². The Kier molecular flexibility index (Phi) is 5.05. The van der Waals surface area contributed by atoms with Gasteiger partial charge in [-0.3, -0.25) is 0 Å². The number of rotatable bonds is 6. The minimum Gasteiger partial charge on any atom is -0.396 e. The molecule has 0 radical (unpaired) electrons. The van der Waals surface area contributed by atoms with Gasteiger partial charge < -0.3 is 14.8 Å². The van der Waals surface area contributed by atoms with Gasteiger partial charge >= 0.3 is 0 Å². The number of aliphatic hydroxyl groups is 2. The fourth-order valence-corrected chi connectivity index (χ4v) is 3.89. The molecular formula is C24H23NO2. The first kappa shape index (κ1) is 17.5. The van der Waals surface area contributed by atoms with E-state index in [2.05, 4.69) is 47.2 Å². The summed E-state index contributed by atoms with van der Waals surface area (Å²) in [6, 6.07) is 28.7. The lowest BCUT2D eigenvalue weighted by molar-refractivity contribution is 0.139. The van der Waals surface area contributed by atoms with Crippen molar-refractivity contribution in [3.8, 4) is 5.69 Å². The predicted molar refractivity (Wildman–Crippen MR) is 109 cm³/mol. The Morgan fingerprint density at radius 3 is 1.96 bits per heavy atom. The molecule has 0 saturated heterocycles. The van der Waals surface area contributed by atoms with E-state index in [-0.39, 0.29) is 25.0 Å². The monoisotopic (exact) mass is 357 g/mol. The van der Waals surface area contributed by atoms with Crippen molar-refractivity contribution in [2.24, 2.45) is 5.92 Å². The lowest BCUT2D eigenvalue weighted by atomic mass is 9.81. The van der Waals surface area contributed by atoms with Crippen LogP contribution < -0.4 is 0 Å². The van der Waals surface area contributed by atoms with Crippen LogP contribution in [0.4, 0.5) is 0 Å². The smallest absolute Gasteiger partial charge is 0.0531 e. The maximum atomic E-state index is 9.95. The Balaban J connectivity index is 1.96. The van der Waals surface area contributed by atoms with Crippen LogP contribution in [0, 0.1) is 5.92 Å². The molecule has 3 aromatic carbocycles. The topological polar surface area (TPSA) is 45.4 Å². The van der Waals surface area contributed by atoms with Crippen molar-refractivity contribution in [3.63, 3.8) is 0 Å². The van der Waals surface area contributed by atoms with Crippen molar-refractivity contribution in [3.05, 3.63) is 102 Å². The Hall–Kier alpha value is -2.88. The van der Waals surface area contributed by atoms with Gasteiger partial charge in [0.2, 0.25) is 0 Å². The van der Waals surface area contributed by atoms with Crippen LogP contribution in [0.1, 0.15) is 17.0 Å². The van der Waals surface area contributed by atoms with Crippen LogP contribution in [-0.4, -0.2) is 28.0 Å². The zero-order chi connectivity index (χ0) is 18.6. The van der Waals surface area contributed by atoms with Gasteiger partial charge in [-0.15, -0.1) is 0 Å². The molecule has 0 saturated carbocycles. The van der Waals surface area contributed by atoms with E-state index in [1.54, 1.807) is 0 Å². The Bertz CT molecular complexity index is 1000. The van der Waals surface area contributed by atoms with Crippen molar-refractivity contribution < 1.29 is 10.2 Å². The normalized spacial score (nSPS) is 12.6. The molecular weight excluding hydrogens is 334 g/mol. The van der Waals surface area contributed by atoms with Crippen LogP contribution in [0.25, 0.3) is 16.6 Å². The van der Waals surface area contributed by atoms with Gasteiger partial charge in [-0.05, 0) is 29.3 Å². The highest BCUT2D eigenvalue weighted by Gasteiger charge is 2.27. The summed E-state index contributed by atoms with van der Waals surface area (Å²) in [7, 11) is 0. The molecule has 4 aromatic rings. The van der Waals surface area contributed by atoms with Gasteiger partial charge in [-0.1, -0.05) is 66.7 Å². The van der Waals surface area contributed by atoms with Gasteiger partial charge in [-0.25, -0.2) is 0 Å². The fourth-order valence-electron chi connectivity index (χ4n) is 3.89. The first-order valence-electron chi connectivity index (χ1n) is 9.25. The first-order chi connectivity index (χ1) is 13.3. The minimum atomic E-state index is -0.262. The molecule has 1 atom stereocenters. The molecule has 27 heavy (non-hydrogen) atoms. The molecule has 3 heteroatoms. The van der Waals surface area contributed by atoms with E-state index in [0.717, 1.165) is 27.7 Å².